The van der Waals surface area contributed by atoms with Gasteiger partial charge in [-0.2, -0.15) is 13.2 Å². The molecule has 2 aliphatic heterocycles. The van der Waals surface area contributed by atoms with E-state index in [2.05, 4.69) is 19.8 Å². The molecular weight excluding hydrogens is 709 g/mol. The second-order valence-electron chi connectivity index (χ2n) is 16.1. The van der Waals surface area contributed by atoms with E-state index in [1.807, 2.05) is 44.3 Å². The van der Waals surface area contributed by atoms with Crippen LogP contribution in [0.2, 0.25) is 0 Å². The minimum Gasteiger partial charge on any atom is -0.490 e. The van der Waals surface area contributed by atoms with Crippen LogP contribution in [-0.2, 0) is 20.4 Å². The molecule has 8 rings (SSSR count). The van der Waals surface area contributed by atoms with E-state index < -0.39 is 11.7 Å². The zero-order valence-electron chi connectivity index (χ0n) is 32.0. The fourth-order valence-corrected chi connectivity index (χ4v) is 9.47. The molecule has 1 unspecified atom stereocenters. The Labute approximate surface area is 320 Å². The van der Waals surface area contributed by atoms with Gasteiger partial charge in [0.25, 0.3) is 0 Å². The van der Waals surface area contributed by atoms with E-state index in [1.54, 1.807) is 7.11 Å². The number of anilines is 1. The lowest BCUT2D eigenvalue weighted by molar-refractivity contribution is -0.143. The van der Waals surface area contributed by atoms with Gasteiger partial charge in [-0.25, -0.2) is 9.97 Å². The quantitative estimate of drug-likeness (QED) is 0.127. The molecule has 1 aromatic carbocycles. The van der Waals surface area contributed by atoms with Crippen LogP contribution in [0.5, 0.6) is 5.75 Å². The minimum absolute atomic E-state index is 0.0202. The Kier molecular flexibility index (Phi) is 10.5. The van der Waals surface area contributed by atoms with Crippen LogP contribution >= 0.6 is 0 Å². The second-order valence-corrected chi connectivity index (χ2v) is 16.1. The highest BCUT2D eigenvalue weighted by Crippen LogP contribution is 2.46. The molecule has 2 saturated heterocycles. The van der Waals surface area contributed by atoms with Crippen molar-refractivity contribution in [3.05, 3.63) is 53.9 Å². The van der Waals surface area contributed by atoms with Gasteiger partial charge >= 0.3 is 12.1 Å². The topological polar surface area (TPSA) is 106 Å². The average Bonchev–Trinajstić information content (AvgIpc) is 3.67. The summed E-state index contributed by atoms with van der Waals surface area (Å²) in [6.45, 7) is 4.33. The maximum atomic E-state index is 14.3. The van der Waals surface area contributed by atoms with Crippen molar-refractivity contribution >= 4 is 22.8 Å². The predicted molar refractivity (Wildman–Crippen MR) is 204 cm³/mol. The van der Waals surface area contributed by atoms with Crippen LogP contribution in [0.3, 0.4) is 0 Å². The van der Waals surface area contributed by atoms with Gasteiger partial charge < -0.3 is 24.1 Å². The van der Waals surface area contributed by atoms with Crippen LogP contribution in [0, 0.1) is 5.41 Å². The average molecular weight is 761 g/mol. The molecule has 3 atom stereocenters. The number of aromatic nitrogens is 4. The van der Waals surface area contributed by atoms with E-state index >= 15 is 0 Å². The number of halogens is 3. The van der Waals surface area contributed by atoms with E-state index in [4.69, 9.17) is 24.2 Å². The molecule has 2 saturated carbocycles. The minimum atomic E-state index is -4.52. The molecule has 0 spiro atoms. The zero-order chi connectivity index (χ0) is 38.3. The third kappa shape index (κ3) is 8.05. The smallest absolute Gasteiger partial charge is 0.418 e. The lowest BCUT2D eigenvalue weighted by Gasteiger charge is -2.38. The normalized spacial score (nSPS) is 22.3. The Morgan fingerprint density at radius 1 is 1.02 bits per heavy atom. The lowest BCUT2D eigenvalue weighted by atomic mass is 9.86. The zero-order valence-corrected chi connectivity index (χ0v) is 32.0. The van der Waals surface area contributed by atoms with E-state index in [0.29, 0.717) is 54.4 Å². The molecule has 2 bridgehead atoms. The molecule has 2 aliphatic carbocycles. The number of fused-ring (bicyclic) bond motifs is 3. The maximum Gasteiger partial charge on any atom is 0.418 e. The van der Waals surface area contributed by atoms with Crippen LogP contribution in [0.1, 0.15) is 94.7 Å². The number of imidazole rings is 1. The number of hydrogen-bond donors (Lipinski definition) is 1. The fraction of sp³-hybridized carbons (Fsp3) is 0.571. The van der Waals surface area contributed by atoms with Gasteiger partial charge in [-0.3, -0.25) is 14.7 Å². The fourth-order valence-electron chi connectivity index (χ4n) is 9.47. The summed E-state index contributed by atoms with van der Waals surface area (Å²) in [7, 11) is 3.76. The highest BCUT2D eigenvalue weighted by molar-refractivity contribution is 5.91. The van der Waals surface area contributed by atoms with Crippen molar-refractivity contribution in [2.45, 2.75) is 108 Å². The predicted octanol–water partition coefficient (Wildman–Crippen LogP) is 8.55. The van der Waals surface area contributed by atoms with Crippen molar-refractivity contribution < 1.29 is 32.2 Å². The molecule has 4 aliphatic rings. The Morgan fingerprint density at radius 3 is 2.40 bits per heavy atom. The summed E-state index contributed by atoms with van der Waals surface area (Å²) in [6, 6.07) is 11.7. The maximum absolute atomic E-state index is 14.3. The molecule has 294 valence electrons. The molecule has 55 heavy (non-hydrogen) atoms. The summed E-state index contributed by atoms with van der Waals surface area (Å²) in [5.74, 6) is 1.11. The first kappa shape index (κ1) is 37.7. The SMILES string of the molecule is CCOC(=O)CCN1[C@@H]2CC[C@H]1CC(Oc1ccc(-c3nc4nc(-c5cnc(C6CC6)c(C(F)(F)F)c5)cc(N(C)CC5(COC)CCCC5)c4[nH]3)cc1)C2. The number of esters is 1. The van der Waals surface area contributed by atoms with Gasteiger partial charge in [-0.15, -0.1) is 0 Å². The lowest BCUT2D eigenvalue weighted by Crippen LogP contribution is -2.47. The number of piperidine rings is 1. The Hall–Kier alpha value is -4.23. The monoisotopic (exact) mass is 760 g/mol. The molecule has 4 aromatic rings. The number of pyridine rings is 2. The molecule has 0 radical (unpaired) electrons. The molecule has 13 heteroatoms. The summed E-state index contributed by atoms with van der Waals surface area (Å²) < 4.78 is 60.2. The third-order valence-electron chi connectivity index (χ3n) is 12.2. The van der Waals surface area contributed by atoms with E-state index in [1.165, 1.54) is 12.3 Å². The van der Waals surface area contributed by atoms with Crippen LogP contribution in [-0.4, -0.2) is 89.5 Å². The standard InChI is InChI=1S/C42H51F3N6O4/c1-4-54-36(52)15-18-51-29-11-12-30(51)21-32(20-29)55-31-13-9-27(10-14-31)39-48-38-35(50(2)24-41(25-53-3)16-5-6-17-41)22-34(47-40(38)49-39)28-19-33(42(43,44)45)37(46-23-28)26-7-8-26/h9-10,13-14,19,22-23,26,29-30,32H,4-8,11-12,15-18,20-21,24-25H2,1-3H3,(H,47,48,49)/t29-,30+,32?. The number of nitrogens with one attached hydrogen (secondary N) is 1. The largest absolute Gasteiger partial charge is 0.490 e. The number of rotatable bonds is 14. The number of methoxy groups -OCH3 is 1. The van der Waals surface area contributed by atoms with Crippen molar-refractivity contribution in [3.8, 4) is 28.4 Å². The summed E-state index contributed by atoms with van der Waals surface area (Å²) in [6.07, 6.45) is 7.41. The van der Waals surface area contributed by atoms with E-state index in [-0.39, 0.29) is 29.1 Å². The van der Waals surface area contributed by atoms with Gasteiger partial charge in [0.2, 0.25) is 0 Å². The molecule has 3 aromatic heterocycles. The first-order valence-corrected chi connectivity index (χ1v) is 19.9. The first-order valence-electron chi connectivity index (χ1n) is 19.9. The molecule has 0 amide bonds. The summed E-state index contributed by atoms with van der Waals surface area (Å²) in [5.41, 5.74) is 2.91. The Bertz CT molecular complexity index is 1980. The number of carbonyl (C=O) groups is 1. The summed E-state index contributed by atoms with van der Waals surface area (Å²) in [4.78, 5) is 34.2. The van der Waals surface area contributed by atoms with Gasteiger partial charge in [-0.1, -0.05) is 12.8 Å². The molecule has 10 nitrogen and oxygen atoms in total. The number of alkyl halides is 3. The Balaban J connectivity index is 1.05. The van der Waals surface area contributed by atoms with Crippen molar-refractivity contribution in [1.29, 1.82) is 0 Å². The van der Waals surface area contributed by atoms with Crippen molar-refractivity contribution in [2.24, 2.45) is 5.41 Å². The highest BCUT2D eigenvalue weighted by Gasteiger charge is 2.42. The number of ether oxygens (including phenoxy) is 3. The van der Waals surface area contributed by atoms with Crippen LogP contribution in [0.4, 0.5) is 18.9 Å². The number of carbonyl (C=O) groups excluding carboxylic acids is 1. The van der Waals surface area contributed by atoms with Crippen molar-refractivity contribution in [3.63, 3.8) is 0 Å². The van der Waals surface area contributed by atoms with Gasteiger partial charge in [0.05, 0.1) is 42.3 Å². The van der Waals surface area contributed by atoms with Crippen molar-refractivity contribution in [1.82, 2.24) is 24.8 Å². The van der Waals surface area contributed by atoms with Gasteiger partial charge in [0.1, 0.15) is 23.2 Å². The van der Waals surface area contributed by atoms with Crippen LogP contribution in [0.15, 0.2) is 42.6 Å². The van der Waals surface area contributed by atoms with Crippen LogP contribution in [0.25, 0.3) is 33.8 Å². The number of aromatic amines is 1. The van der Waals surface area contributed by atoms with Gasteiger partial charge in [0.15, 0.2) is 5.65 Å². The van der Waals surface area contributed by atoms with Gasteiger partial charge in [0, 0.05) is 68.0 Å². The Morgan fingerprint density at radius 2 is 1.75 bits per heavy atom. The molecular formula is C42H51F3N6O4. The molecule has 5 heterocycles. The molecule has 1 N–H and O–H groups in total. The highest BCUT2D eigenvalue weighted by atomic mass is 19.4. The molecule has 4 fully saturated rings. The third-order valence-corrected chi connectivity index (χ3v) is 12.2. The van der Waals surface area contributed by atoms with Crippen LogP contribution < -0.4 is 9.64 Å². The van der Waals surface area contributed by atoms with E-state index in [9.17, 15) is 18.0 Å². The number of H-pyrrole nitrogens is 1. The second kappa shape index (κ2) is 15.4. The number of benzene rings is 1. The summed E-state index contributed by atoms with van der Waals surface area (Å²) >= 11 is 0. The number of hydrogen-bond acceptors (Lipinski definition) is 9. The summed E-state index contributed by atoms with van der Waals surface area (Å²) in [5, 5.41) is 0. The first-order chi connectivity index (χ1) is 26.5. The van der Waals surface area contributed by atoms with Crippen molar-refractivity contribution in [2.75, 3.05) is 45.4 Å². The van der Waals surface area contributed by atoms with E-state index in [0.717, 1.165) is 99.8 Å². The van der Waals surface area contributed by atoms with Gasteiger partial charge in [-0.05, 0) is 94.7 Å². The number of nitrogens with zero attached hydrogens (tertiary/aromatic N) is 5.